The van der Waals surface area contributed by atoms with Crippen LogP contribution in [-0.2, 0) is 16.1 Å². The van der Waals surface area contributed by atoms with Crippen LogP contribution in [-0.4, -0.2) is 40.5 Å². The van der Waals surface area contributed by atoms with E-state index in [2.05, 4.69) is 29.5 Å². The topological polar surface area (TPSA) is 89.4 Å². The molecule has 2 amide bonds. The predicted octanol–water partition coefficient (Wildman–Crippen LogP) is 4.69. The fourth-order valence-electron chi connectivity index (χ4n) is 4.30. The van der Waals surface area contributed by atoms with Crippen LogP contribution in [0.15, 0.2) is 72.8 Å². The largest absolute Gasteiger partial charge is 0.497 e. The first-order chi connectivity index (χ1) is 17.9. The summed E-state index contributed by atoms with van der Waals surface area (Å²) in [4.78, 5) is 29.5. The van der Waals surface area contributed by atoms with Crippen LogP contribution in [0, 0.1) is 12.8 Å². The number of benzene rings is 3. The minimum atomic E-state index is -0.911. The summed E-state index contributed by atoms with van der Waals surface area (Å²) in [6, 6.07) is 21.4. The van der Waals surface area contributed by atoms with E-state index in [4.69, 9.17) is 4.74 Å². The summed E-state index contributed by atoms with van der Waals surface area (Å²) in [5, 5.41) is 11.4. The summed E-state index contributed by atoms with van der Waals surface area (Å²) in [7, 11) is 1.58. The first-order valence-corrected chi connectivity index (χ1v) is 12.5. The summed E-state index contributed by atoms with van der Waals surface area (Å²) in [6.45, 7) is 6.59. The number of methoxy groups -OCH3 is 1. The summed E-state index contributed by atoms with van der Waals surface area (Å²) in [5.74, 6) is 0.507. The fraction of sp³-hybridized carbons (Fsp3) is 0.310. The van der Waals surface area contributed by atoms with Gasteiger partial charge in [0.05, 0.1) is 12.6 Å². The van der Waals surface area contributed by atoms with Crippen LogP contribution in [0.25, 0.3) is 11.0 Å². The van der Waals surface area contributed by atoms with E-state index >= 15 is 0 Å². The van der Waals surface area contributed by atoms with Gasteiger partial charge < -0.3 is 10.1 Å². The number of fused-ring (bicyclic) bond motifs is 1. The molecule has 1 atom stereocenters. The Morgan fingerprint density at radius 2 is 1.78 bits per heavy atom. The fourth-order valence-corrected chi connectivity index (χ4v) is 4.30. The maximum absolute atomic E-state index is 14.1. The molecule has 37 heavy (non-hydrogen) atoms. The van der Waals surface area contributed by atoms with Gasteiger partial charge in [-0.15, -0.1) is 5.10 Å². The number of hydrogen-bond acceptors (Lipinski definition) is 5. The van der Waals surface area contributed by atoms with Gasteiger partial charge in [-0.05, 0) is 60.7 Å². The van der Waals surface area contributed by atoms with Gasteiger partial charge in [-0.2, -0.15) is 0 Å². The highest BCUT2D eigenvalue weighted by atomic mass is 16.5. The van der Waals surface area contributed by atoms with Gasteiger partial charge in [0, 0.05) is 12.2 Å². The van der Waals surface area contributed by atoms with Crippen LogP contribution in [0.1, 0.15) is 37.4 Å². The van der Waals surface area contributed by atoms with E-state index in [1.165, 1.54) is 0 Å². The van der Waals surface area contributed by atoms with Crippen molar-refractivity contribution in [2.24, 2.45) is 5.92 Å². The molecule has 3 aromatic carbocycles. The Bertz CT molecular complexity index is 1380. The second-order valence-corrected chi connectivity index (χ2v) is 9.44. The number of aryl methyl sites for hydroxylation is 1. The summed E-state index contributed by atoms with van der Waals surface area (Å²) < 4.78 is 7.01. The van der Waals surface area contributed by atoms with Gasteiger partial charge in [0.15, 0.2) is 0 Å². The molecule has 0 saturated carbocycles. The lowest BCUT2D eigenvalue weighted by Gasteiger charge is -2.32. The number of nitrogens with zero attached hydrogens (tertiary/aromatic N) is 4. The smallest absolute Gasteiger partial charge is 0.249 e. The molecule has 192 valence electrons. The monoisotopic (exact) mass is 499 g/mol. The molecule has 0 spiro atoms. The van der Waals surface area contributed by atoms with E-state index in [0.29, 0.717) is 35.0 Å². The van der Waals surface area contributed by atoms with E-state index in [-0.39, 0.29) is 18.4 Å². The number of rotatable bonds is 10. The number of carbonyl (C=O) groups excluding carboxylic acids is 2. The predicted molar refractivity (Wildman–Crippen MR) is 144 cm³/mol. The van der Waals surface area contributed by atoms with Crippen LogP contribution < -0.4 is 15.0 Å². The van der Waals surface area contributed by atoms with Crippen molar-refractivity contribution < 1.29 is 14.3 Å². The minimum Gasteiger partial charge on any atom is -0.497 e. The van der Waals surface area contributed by atoms with E-state index < -0.39 is 6.04 Å². The Balaban J connectivity index is 1.79. The molecule has 0 aliphatic carbocycles. The first kappa shape index (κ1) is 25.9. The molecule has 4 rings (SSSR count). The van der Waals surface area contributed by atoms with Crippen LogP contribution in [0.3, 0.4) is 0 Å². The molecule has 1 heterocycles. The molecule has 0 saturated heterocycles. The minimum absolute atomic E-state index is 0.0748. The van der Waals surface area contributed by atoms with Crippen LogP contribution in [0.2, 0.25) is 0 Å². The number of aromatic nitrogens is 3. The standard InChI is InChI=1S/C29H33N5O3/c1-20(2)16-17-30-29(36)28(22-11-9-12-23(18-22)37-4)34(25-14-7-5-10-21(25)3)27(35)19-33-26-15-8-6-13-24(26)31-32-33/h5-15,18,20,28H,16-17,19H2,1-4H3,(H,30,36). The number of amides is 2. The van der Waals surface area contributed by atoms with E-state index in [1.54, 1.807) is 22.8 Å². The zero-order valence-corrected chi connectivity index (χ0v) is 21.7. The van der Waals surface area contributed by atoms with Gasteiger partial charge in [0.25, 0.3) is 0 Å². The van der Waals surface area contributed by atoms with Gasteiger partial charge in [0.1, 0.15) is 23.9 Å². The molecule has 0 fully saturated rings. The summed E-state index contributed by atoms with van der Waals surface area (Å²) in [5.41, 5.74) is 3.64. The average Bonchev–Trinajstić information content (AvgIpc) is 3.30. The number of carbonyl (C=O) groups is 2. The number of ether oxygens (including phenoxy) is 1. The number of nitrogens with one attached hydrogen (secondary N) is 1. The van der Waals surface area contributed by atoms with E-state index in [1.807, 2.05) is 73.7 Å². The molecule has 1 N–H and O–H groups in total. The molecular formula is C29H33N5O3. The first-order valence-electron chi connectivity index (χ1n) is 12.5. The third-order valence-electron chi connectivity index (χ3n) is 6.29. The van der Waals surface area contributed by atoms with Crippen molar-refractivity contribution in [2.45, 2.75) is 39.8 Å². The highest BCUT2D eigenvalue weighted by molar-refractivity contribution is 6.02. The molecule has 0 radical (unpaired) electrons. The van der Waals surface area contributed by atoms with Crippen LogP contribution in [0.5, 0.6) is 5.75 Å². The van der Waals surface area contributed by atoms with Gasteiger partial charge in [-0.3, -0.25) is 14.5 Å². The zero-order valence-electron chi connectivity index (χ0n) is 21.7. The lowest BCUT2D eigenvalue weighted by atomic mass is 10.0. The molecule has 4 aromatic rings. The van der Waals surface area contributed by atoms with Gasteiger partial charge in [0.2, 0.25) is 11.8 Å². The molecular weight excluding hydrogens is 466 g/mol. The van der Waals surface area contributed by atoms with Crippen molar-refractivity contribution in [3.8, 4) is 5.75 Å². The lowest BCUT2D eigenvalue weighted by Crippen LogP contribution is -2.46. The quantitative estimate of drug-likeness (QED) is 0.342. The van der Waals surface area contributed by atoms with Crippen LogP contribution in [0.4, 0.5) is 5.69 Å². The number of hydrogen-bond donors (Lipinski definition) is 1. The Hall–Kier alpha value is -4.20. The Morgan fingerprint density at radius 1 is 1.03 bits per heavy atom. The number of para-hydroxylation sites is 2. The summed E-state index contributed by atoms with van der Waals surface area (Å²) in [6.07, 6.45) is 0.833. The molecule has 1 aromatic heterocycles. The number of anilines is 1. The van der Waals surface area contributed by atoms with Crippen molar-refractivity contribution in [3.63, 3.8) is 0 Å². The molecule has 0 aliphatic heterocycles. The maximum Gasteiger partial charge on any atom is 0.249 e. The third-order valence-corrected chi connectivity index (χ3v) is 6.29. The zero-order chi connectivity index (χ0) is 26.4. The normalized spacial score (nSPS) is 11.9. The lowest BCUT2D eigenvalue weighted by molar-refractivity contribution is -0.127. The van der Waals surface area contributed by atoms with Gasteiger partial charge in [-0.1, -0.05) is 61.5 Å². The van der Waals surface area contributed by atoms with Crippen molar-refractivity contribution in [1.29, 1.82) is 0 Å². The van der Waals surface area contributed by atoms with Gasteiger partial charge in [-0.25, -0.2) is 4.68 Å². The van der Waals surface area contributed by atoms with Crippen molar-refractivity contribution in [1.82, 2.24) is 20.3 Å². The van der Waals surface area contributed by atoms with Crippen molar-refractivity contribution >= 4 is 28.5 Å². The van der Waals surface area contributed by atoms with Crippen molar-refractivity contribution in [2.75, 3.05) is 18.6 Å². The van der Waals surface area contributed by atoms with E-state index in [9.17, 15) is 9.59 Å². The second-order valence-electron chi connectivity index (χ2n) is 9.44. The molecule has 0 aliphatic rings. The Labute approximate surface area is 217 Å². The maximum atomic E-state index is 14.1. The molecule has 8 heteroatoms. The van der Waals surface area contributed by atoms with Gasteiger partial charge >= 0.3 is 0 Å². The van der Waals surface area contributed by atoms with Crippen LogP contribution >= 0.6 is 0 Å². The molecule has 0 bridgehead atoms. The molecule has 1 unspecified atom stereocenters. The van der Waals surface area contributed by atoms with Crippen molar-refractivity contribution in [3.05, 3.63) is 83.9 Å². The Kier molecular flexibility index (Phi) is 8.18. The Morgan fingerprint density at radius 3 is 2.54 bits per heavy atom. The average molecular weight is 500 g/mol. The summed E-state index contributed by atoms with van der Waals surface area (Å²) >= 11 is 0. The van der Waals surface area contributed by atoms with E-state index in [0.717, 1.165) is 17.5 Å². The second kappa shape index (κ2) is 11.7. The third kappa shape index (κ3) is 5.97. The SMILES string of the molecule is COc1cccc(C(C(=O)NCCC(C)C)N(C(=O)Cn2nnc3ccccc32)c2ccccc2C)c1. The highest BCUT2D eigenvalue weighted by Crippen LogP contribution is 2.32. The highest BCUT2D eigenvalue weighted by Gasteiger charge is 2.34. The molecule has 8 nitrogen and oxygen atoms in total.